The Morgan fingerprint density at radius 3 is 2.89 bits per heavy atom. The van der Waals surface area contributed by atoms with Gasteiger partial charge in [0.05, 0.1) is 11.3 Å². The molecule has 0 fully saturated rings. The van der Waals surface area contributed by atoms with E-state index in [-0.39, 0.29) is 12.1 Å². The van der Waals surface area contributed by atoms with Crippen LogP contribution in [0.3, 0.4) is 0 Å². The monoisotopic (exact) mass is 242 g/mol. The molecule has 1 heterocycles. The lowest BCUT2D eigenvalue weighted by molar-refractivity contribution is 0.0908. The largest absolute Gasteiger partial charge is 0.353 e. The van der Waals surface area contributed by atoms with Gasteiger partial charge >= 0.3 is 0 Å². The van der Waals surface area contributed by atoms with Gasteiger partial charge in [-0.25, -0.2) is 0 Å². The molecule has 1 amide bonds. The molecule has 1 aromatic rings. The van der Waals surface area contributed by atoms with Crippen molar-refractivity contribution in [1.29, 1.82) is 0 Å². The Labute approximate surface area is 107 Å². The predicted octanol–water partition coefficient (Wildman–Crippen LogP) is 2.55. The molecule has 0 radical (unpaired) electrons. The number of anilines is 1. The minimum absolute atomic E-state index is 0.0586. The predicted molar refractivity (Wildman–Crippen MR) is 72.6 cm³/mol. The first kappa shape index (κ1) is 11.3. The average Bonchev–Trinajstić information content (AvgIpc) is 2.44. The van der Waals surface area contributed by atoms with Crippen molar-refractivity contribution in [2.45, 2.75) is 25.4 Å². The summed E-state index contributed by atoms with van der Waals surface area (Å²) in [6.07, 6.45) is 7.90. The van der Waals surface area contributed by atoms with Crippen LogP contribution in [0.1, 0.15) is 29.6 Å². The standard InChI is InChI=1S/C15H18N2O/c1-17-13-10-6-5-9-12(13)15(18)16-14(17)11-7-3-2-4-8-11/h2-3,5-6,9-11,14H,4,7-8H2,1H3,(H,16,18). The van der Waals surface area contributed by atoms with E-state index >= 15 is 0 Å². The second-order valence-electron chi connectivity index (χ2n) is 5.09. The van der Waals surface area contributed by atoms with E-state index in [9.17, 15) is 4.79 Å². The van der Waals surface area contributed by atoms with E-state index < -0.39 is 0 Å². The lowest BCUT2D eigenvalue weighted by Crippen LogP contribution is -2.55. The number of para-hydroxylation sites is 1. The Bertz CT molecular complexity index is 495. The highest BCUT2D eigenvalue weighted by molar-refractivity contribution is 6.01. The third-order valence-corrected chi connectivity index (χ3v) is 3.98. The molecule has 0 bridgehead atoms. The summed E-state index contributed by atoms with van der Waals surface area (Å²) in [6.45, 7) is 0. The molecule has 0 spiro atoms. The van der Waals surface area contributed by atoms with E-state index in [0.717, 1.165) is 30.5 Å². The summed E-state index contributed by atoms with van der Waals surface area (Å²) in [6, 6.07) is 7.82. The number of allylic oxidation sites excluding steroid dienone is 2. The molecule has 3 nitrogen and oxygen atoms in total. The van der Waals surface area contributed by atoms with Crippen molar-refractivity contribution < 1.29 is 4.79 Å². The third-order valence-electron chi connectivity index (χ3n) is 3.98. The molecular weight excluding hydrogens is 224 g/mol. The number of benzene rings is 1. The number of nitrogens with one attached hydrogen (secondary N) is 1. The van der Waals surface area contributed by atoms with E-state index in [2.05, 4.69) is 29.4 Å². The maximum absolute atomic E-state index is 12.1. The van der Waals surface area contributed by atoms with Crippen LogP contribution < -0.4 is 10.2 Å². The average molecular weight is 242 g/mol. The van der Waals surface area contributed by atoms with Crippen LogP contribution >= 0.6 is 0 Å². The van der Waals surface area contributed by atoms with Gasteiger partial charge in [-0.1, -0.05) is 24.3 Å². The fraction of sp³-hybridized carbons (Fsp3) is 0.400. The van der Waals surface area contributed by atoms with Crippen LogP contribution in [0.2, 0.25) is 0 Å². The minimum Gasteiger partial charge on any atom is -0.353 e. The Morgan fingerprint density at radius 2 is 2.11 bits per heavy atom. The second kappa shape index (κ2) is 4.48. The van der Waals surface area contributed by atoms with Crippen molar-refractivity contribution in [3.8, 4) is 0 Å². The highest BCUT2D eigenvalue weighted by Gasteiger charge is 2.33. The maximum Gasteiger partial charge on any atom is 0.254 e. The van der Waals surface area contributed by atoms with Crippen LogP contribution in [-0.4, -0.2) is 19.1 Å². The summed E-state index contributed by atoms with van der Waals surface area (Å²) >= 11 is 0. The second-order valence-corrected chi connectivity index (χ2v) is 5.09. The van der Waals surface area contributed by atoms with Crippen molar-refractivity contribution in [2.75, 3.05) is 11.9 Å². The SMILES string of the molecule is CN1c2ccccc2C(=O)NC1C1CC=CCC1. The van der Waals surface area contributed by atoms with E-state index in [1.807, 2.05) is 24.3 Å². The molecule has 2 atom stereocenters. The van der Waals surface area contributed by atoms with Crippen molar-refractivity contribution in [2.24, 2.45) is 5.92 Å². The Kier molecular flexibility index (Phi) is 2.82. The number of amides is 1. The van der Waals surface area contributed by atoms with Gasteiger partial charge in [-0.15, -0.1) is 0 Å². The smallest absolute Gasteiger partial charge is 0.254 e. The Balaban J connectivity index is 1.92. The normalized spacial score (nSPS) is 26.7. The number of hydrogen-bond donors (Lipinski definition) is 1. The molecule has 1 N–H and O–H groups in total. The highest BCUT2D eigenvalue weighted by atomic mass is 16.2. The summed E-state index contributed by atoms with van der Waals surface area (Å²) in [5.41, 5.74) is 1.82. The fourth-order valence-corrected chi connectivity index (χ4v) is 2.97. The van der Waals surface area contributed by atoms with E-state index in [0.29, 0.717) is 5.92 Å². The zero-order valence-electron chi connectivity index (χ0n) is 10.6. The molecule has 1 aliphatic carbocycles. The number of rotatable bonds is 1. The van der Waals surface area contributed by atoms with Gasteiger partial charge in [-0.2, -0.15) is 0 Å². The molecule has 1 aromatic carbocycles. The lowest BCUT2D eigenvalue weighted by atomic mass is 9.89. The van der Waals surface area contributed by atoms with E-state index in [1.165, 1.54) is 0 Å². The fourth-order valence-electron chi connectivity index (χ4n) is 2.97. The zero-order chi connectivity index (χ0) is 12.5. The van der Waals surface area contributed by atoms with Crippen LogP contribution in [0.25, 0.3) is 0 Å². The molecule has 2 unspecified atom stereocenters. The first-order chi connectivity index (χ1) is 8.77. The van der Waals surface area contributed by atoms with Gasteiger partial charge in [0.1, 0.15) is 6.17 Å². The molecule has 3 heteroatoms. The molecule has 0 saturated heterocycles. The van der Waals surface area contributed by atoms with Gasteiger partial charge in [-0.3, -0.25) is 4.79 Å². The molecule has 2 aliphatic rings. The lowest BCUT2D eigenvalue weighted by Gasteiger charge is -2.41. The summed E-state index contributed by atoms with van der Waals surface area (Å²) in [7, 11) is 2.07. The first-order valence-electron chi connectivity index (χ1n) is 6.55. The highest BCUT2D eigenvalue weighted by Crippen LogP contribution is 2.31. The molecule has 0 saturated carbocycles. The number of carbonyl (C=O) groups is 1. The number of fused-ring (bicyclic) bond motifs is 1. The summed E-state index contributed by atoms with van der Waals surface area (Å²) in [5, 5.41) is 3.15. The Morgan fingerprint density at radius 1 is 1.28 bits per heavy atom. The van der Waals surface area contributed by atoms with Gasteiger partial charge in [0, 0.05) is 13.0 Å². The van der Waals surface area contributed by atoms with Gasteiger partial charge in [0.2, 0.25) is 0 Å². The van der Waals surface area contributed by atoms with Crippen LogP contribution in [-0.2, 0) is 0 Å². The summed E-state index contributed by atoms with van der Waals surface area (Å²) in [5.74, 6) is 0.570. The summed E-state index contributed by atoms with van der Waals surface area (Å²) in [4.78, 5) is 14.3. The van der Waals surface area contributed by atoms with Crippen LogP contribution in [0.4, 0.5) is 5.69 Å². The van der Waals surface area contributed by atoms with Crippen molar-refractivity contribution in [1.82, 2.24) is 5.32 Å². The van der Waals surface area contributed by atoms with Crippen molar-refractivity contribution in [3.05, 3.63) is 42.0 Å². The van der Waals surface area contributed by atoms with Gasteiger partial charge in [0.25, 0.3) is 5.91 Å². The molecule has 18 heavy (non-hydrogen) atoms. The third kappa shape index (κ3) is 1.80. The van der Waals surface area contributed by atoms with Gasteiger partial charge < -0.3 is 10.2 Å². The van der Waals surface area contributed by atoms with Gasteiger partial charge in [-0.05, 0) is 31.4 Å². The molecule has 1 aliphatic heterocycles. The maximum atomic E-state index is 12.1. The first-order valence-corrected chi connectivity index (χ1v) is 6.55. The quantitative estimate of drug-likeness (QED) is 0.768. The van der Waals surface area contributed by atoms with E-state index in [1.54, 1.807) is 0 Å². The van der Waals surface area contributed by atoms with Crippen LogP contribution in [0, 0.1) is 5.92 Å². The topological polar surface area (TPSA) is 32.3 Å². The molecule has 94 valence electrons. The molecule has 0 aromatic heterocycles. The summed E-state index contributed by atoms with van der Waals surface area (Å²) < 4.78 is 0. The number of carbonyl (C=O) groups excluding carboxylic acids is 1. The van der Waals surface area contributed by atoms with Crippen LogP contribution in [0.15, 0.2) is 36.4 Å². The minimum atomic E-state index is 0.0586. The van der Waals surface area contributed by atoms with E-state index in [4.69, 9.17) is 0 Å². The van der Waals surface area contributed by atoms with Crippen LogP contribution in [0.5, 0.6) is 0 Å². The Hall–Kier alpha value is -1.77. The van der Waals surface area contributed by atoms with Crippen molar-refractivity contribution in [3.63, 3.8) is 0 Å². The van der Waals surface area contributed by atoms with Crippen molar-refractivity contribution >= 4 is 11.6 Å². The molecule has 3 rings (SSSR count). The van der Waals surface area contributed by atoms with Gasteiger partial charge in [0.15, 0.2) is 0 Å². The molecular formula is C15H18N2O. The zero-order valence-corrected chi connectivity index (χ0v) is 10.6. The number of nitrogens with zero attached hydrogens (tertiary/aromatic N) is 1. The number of hydrogen-bond acceptors (Lipinski definition) is 2.